The first-order chi connectivity index (χ1) is 16.5. The van der Waals surface area contributed by atoms with E-state index < -0.39 is 0 Å². The summed E-state index contributed by atoms with van der Waals surface area (Å²) in [5.74, 6) is 0.201. The van der Waals surface area contributed by atoms with Crippen molar-refractivity contribution in [3.05, 3.63) is 40.9 Å². The monoisotopic (exact) mass is 482 g/mol. The molecule has 0 spiro atoms. The van der Waals surface area contributed by atoms with Crippen LogP contribution in [-0.4, -0.2) is 52.6 Å². The Kier molecular flexibility index (Phi) is 6.18. The zero-order valence-electron chi connectivity index (χ0n) is 18.8. The highest BCUT2D eigenvalue weighted by atomic mass is 32.1. The molecule has 1 atom stereocenters. The first-order valence-electron chi connectivity index (χ1n) is 11.4. The summed E-state index contributed by atoms with van der Waals surface area (Å²) in [7, 11) is 1.53. The van der Waals surface area contributed by atoms with Gasteiger partial charge in [0, 0.05) is 19.1 Å². The number of amides is 2. The molecule has 2 aliphatic rings. The van der Waals surface area contributed by atoms with E-state index in [1.807, 2.05) is 6.07 Å². The number of aromatic nitrogens is 3. The molecule has 1 aliphatic heterocycles. The number of hydrogen-bond donors (Lipinski definition) is 2. The maximum absolute atomic E-state index is 13.0. The van der Waals surface area contributed by atoms with Crippen LogP contribution in [0.2, 0.25) is 0 Å². The number of nitrogens with one attached hydrogen (secondary N) is 2. The van der Waals surface area contributed by atoms with E-state index in [0.29, 0.717) is 39.5 Å². The van der Waals surface area contributed by atoms with E-state index >= 15 is 0 Å². The first kappa shape index (κ1) is 22.3. The normalized spacial score (nSPS) is 18.0. The molecule has 0 radical (unpaired) electrons. The van der Waals surface area contributed by atoms with Gasteiger partial charge >= 0.3 is 0 Å². The third kappa shape index (κ3) is 4.74. The quantitative estimate of drug-likeness (QED) is 0.529. The zero-order chi connectivity index (χ0) is 23.7. The summed E-state index contributed by atoms with van der Waals surface area (Å²) in [6.45, 7) is 1.18. The SMILES string of the molecule is COc1ccccc1NC(=O)Cn1cnc2nc(N3CCC[C@H](C(=O)NC4CC4)C3)sc2c1=O. The molecule has 2 amide bonds. The number of fused-ring (bicyclic) bond motifs is 1. The van der Waals surface area contributed by atoms with Gasteiger partial charge in [-0.1, -0.05) is 23.5 Å². The van der Waals surface area contributed by atoms with E-state index in [0.717, 1.165) is 32.2 Å². The van der Waals surface area contributed by atoms with Gasteiger partial charge in [-0.05, 0) is 37.8 Å². The van der Waals surface area contributed by atoms with Gasteiger partial charge in [0.15, 0.2) is 10.8 Å². The first-order valence-corrected chi connectivity index (χ1v) is 12.2. The lowest BCUT2D eigenvalue weighted by atomic mass is 9.97. The van der Waals surface area contributed by atoms with E-state index in [9.17, 15) is 14.4 Å². The van der Waals surface area contributed by atoms with Gasteiger partial charge in [-0.15, -0.1) is 0 Å². The summed E-state index contributed by atoms with van der Waals surface area (Å²) in [6, 6.07) is 7.41. The molecule has 1 aliphatic carbocycles. The molecule has 2 fully saturated rings. The minimum absolute atomic E-state index is 0.0790. The number of rotatable bonds is 7. The van der Waals surface area contributed by atoms with Gasteiger partial charge in [-0.25, -0.2) is 4.98 Å². The molecule has 11 heteroatoms. The summed E-state index contributed by atoms with van der Waals surface area (Å²) in [5.41, 5.74) is 0.572. The van der Waals surface area contributed by atoms with Crippen LogP contribution in [-0.2, 0) is 16.1 Å². The number of hydrogen-bond acceptors (Lipinski definition) is 8. The Morgan fingerprint density at radius 3 is 2.85 bits per heavy atom. The topological polar surface area (TPSA) is 118 Å². The molecule has 34 heavy (non-hydrogen) atoms. The third-order valence-corrected chi connectivity index (χ3v) is 7.15. The van der Waals surface area contributed by atoms with Crippen molar-refractivity contribution in [3.63, 3.8) is 0 Å². The molecule has 5 rings (SSSR count). The molecule has 1 saturated heterocycles. The van der Waals surface area contributed by atoms with Crippen molar-refractivity contribution in [1.29, 1.82) is 0 Å². The summed E-state index contributed by atoms with van der Waals surface area (Å²) in [4.78, 5) is 49.0. The maximum atomic E-state index is 13.0. The van der Waals surface area contributed by atoms with Crippen LogP contribution in [0.25, 0.3) is 10.3 Å². The number of nitrogens with zero attached hydrogens (tertiary/aromatic N) is 4. The molecule has 1 saturated carbocycles. The molecular formula is C23H26N6O4S. The minimum Gasteiger partial charge on any atom is -0.495 e. The summed E-state index contributed by atoms with van der Waals surface area (Å²) < 4.78 is 6.92. The van der Waals surface area contributed by atoms with Crippen LogP contribution in [0.4, 0.5) is 10.8 Å². The lowest BCUT2D eigenvalue weighted by molar-refractivity contribution is -0.125. The number of ether oxygens (including phenoxy) is 1. The smallest absolute Gasteiger partial charge is 0.273 e. The lowest BCUT2D eigenvalue weighted by Gasteiger charge is -2.31. The van der Waals surface area contributed by atoms with Gasteiger partial charge < -0.3 is 20.3 Å². The van der Waals surface area contributed by atoms with Gasteiger partial charge in [0.25, 0.3) is 5.56 Å². The second-order valence-corrected chi connectivity index (χ2v) is 9.62. The minimum atomic E-state index is -0.363. The number of carbonyl (C=O) groups is 2. The summed E-state index contributed by atoms with van der Waals surface area (Å²) in [6.07, 6.45) is 5.22. The number of anilines is 2. The largest absolute Gasteiger partial charge is 0.495 e. The molecule has 3 heterocycles. The second-order valence-electron chi connectivity index (χ2n) is 8.64. The molecule has 3 aromatic rings. The average molecular weight is 483 g/mol. The van der Waals surface area contributed by atoms with Crippen molar-refractivity contribution in [2.24, 2.45) is 5.92 Å². The molecule has 0 bridgehead atoms. The standard InChI is InChI=1S/C23H26N6O4S/c1-33-17-7-3-2-6-16(17)26-18(30)12-29-13-24-20-19(22(29)32)34-23(27-20)28-10-4-5-14(11-28)21(31)25-15-8-9-15/h2-3,6-7,13-15H,4-5,8-12H2,1H3,(H,25,31)(H,26,30)/t14-/m0/s1. The zero-order valence-corrected chi connectivity index (χ0v) is 19.6. The number of benzene rings is 1. The predicted molar refractivity (Wildman–Crippen MR) is 129 cm³/mol. The van der Waals surface area contributed by atoms with E-state index in [1.165, 1.54) is 29.3 Å². The van der Waals surface area contributed by atoms with Crippen molar-refractivity contribution in [2.45, 2.75) is 38.3 Å². The highest BCUT2D eigenvalue weighted by Gasteiger charge is 2.31. The second kappa shape index (κ2) is 9.41. The Morgan fingerprint density at radius 1 is 1.24 bits per heavy atom. The Labute approximate surface area is 200 Å². The van der Waals surface area contributed by atoms with Crippen LogP contribution >= 0.6 is 11.3 Å². The molecular weight excluding hydrogens is 456 g/mol. The number of para-hydroxylation sites is 2. The number of thiazole rings is 1. The van der Waals surface area contributed by atoms with Crippen molar-refractivity contribution >= 4 is 44.3 Å². The number of carbonyl (C=O) groups excluding carboxylic acids is 2. The summed E-state index contributed by atoms with van der Waals surface area (Å²) in [5, 5.41) is 6.53. The Morgan fingerprint density at radius 2 is 2.06 bits per heavy atom. The molecule has 178 valence electrons. The molecule has 10 nitrogen and oxygen atoms in total. The van der Waals surface area contributed by atoms with Crippen molar-refractivity contribution in [2.75, 3.05) is 30.4 Å². The van der Waals surface area contributed by atoms with E-state index in [-0.39, 0.29) is 29.8 Å². The molecule has 0 unspecified atom stereocenters. The van der Waals surface area contributed by atoms with Gasteiger partial charge in [0.05, 0.1) is 18.7 Å². The number of methoxy groups -OCH3 is 1. The predicted octanol–water partition coefficient (Wildman–Crippen LogP) is 2.00. The van der Waals surface area contributed by atoms with Gasteiger partial charge in [-0.3, -0.25) is 19.0 Å². The average Bonchev–Trinajstić information content (AvgIpc) is 3.55. The lowest BCUT2D eigenvalue weighted by Crippen LogP contribution is -2.43. The van der Waals surface area contributed by atoms with Crippen LogP contribution in [0.1, 0.15) is 25.7 Å². The fourth-order valence-electron chi connectivity index (χ4n) is 4.09. The van der Waals surface area contributed by atoms with Crippen molar-refractivity contribution in [3.8, 4) is 5.75 Å². The highest BCUT2D eigenvalue weighted by Crippen LogP contribution is 2.30. The highest BCUT2D eigenvalue weighted by molar-refractivity contribution is 7.22. The summed E-state index contributed by atoms with van der Waals surface area (Å²) >= 11 is 1.26. The molecule has 2 N–H and O–H groups in total. The number of piperidine rings is 1. The van der Waals surface area contributed by atoms with Gasteiger partial charge in [0.2, 0.25) is 11.8 Å². The molecule has 2 aromatic heterocycles. The fourth-order valence-corrected chi connectivity index (χ4v) is 5.09. The third-order valence-electron chi connectivity index (χ3n) is 6.05. The van der Waals surface area contributed by atoms with Crippen molar-refractivity contribution in [1.82, 2.24) is 19.9 Å². The Bertz CT molecular complexity index is 1280. The van der Waals surface area contributed by atoms with E-state index in [2.05, 4.69) is 25.5 Å². The van der Waals surface area contributed by atoms with Crippen LogP contribution in [0.3, 0.4) is 0 Å². The maximum Gasteiger partial charge on any atom is 0.273 e. The van der Waals surface area contributed by atoms with E-state index in [1.54, 1.807) is 18.2 Å². The Hall–Kier alpha value is -3.47. The van der Waals surface area contributed by atoms with Gasteiger partial charge in [-0.2, -0.15) is 4.98 Å². The van der Waals surface area contributed by atoms with Crippen LogP contribution < -0.4 is 25.8 Å². The van der Waals surface area contributed by atoms with E-state index in [4.69, 9.17) is 4.74 Å². The van der Waals surface area contributed by atoms with Crippen LogP contribution in [0, 0.1) is 5.92 Å². The van der Waals surface area contributed by atoms with Gasteiger partial charge in [0.1, 0.15) is 23.3 Å². The fraction of sp³-hybridized carbons (Fsp3) is 0.435. The molecule has 1 aromatic carbocycles. The van der Waals surface area contributed by atoms with Crippen LogP contribution in [0.15, 0.2) is 35.4 Å². The Balaban J connectivity index is 1.30. The van der Waals surface area contributed by atoms with Crippen molar-refractivity contribution < 1.29 is 14.3 Å². The van der Waals surface area contributed by atoms with Crippen LogP contribution in [0.5, 0.6) is 5.75 Å².